The van der Waals surface area contributed by atoms with E-state index < -0.39 is 5.97 Å². The second-order valence-corrected chi connectivity index (χ2v) is 5.35. The lowest BCUT2D eigenvalue weighted by Gasteiger charge is -2.15. The second-order valence-electron chi connectivity index (χ2n) is 5.35. The molecule has 26 heavy (non-hydrogen) atoms. The summed E-state index contributed by atoms with van der Waals surface area (Å²) in [5, 5.41) is 13.5. The van der Waals surface area contributed by atoms with Crippen molar-refractivity contribution in [1.82, 2.24) is 20.1 Å². The van der Waals surface area contributed by atoms with Crippen LogP contribution in [-0.4, -0.2) is 57.3 Å². The Bertz CT molecular complexity index is 766. The summed E-state index contributed by atoms with van der Waals surface area (Å²) >= 11 is 0. The number of nitrogens with two attached hydrogens (primary N) is 1. The summed E-state index contributed by atoms with van der Waals surface area (Å²) in [6.45, 7) is 2.19. The fourth-order valence-electron chi connectivity index (χ4n) is 1.92. The monoisotopic (exact) mass is 365 g/mol. The predicted molar refractivity (Wildman–Crippen MR) is 93.7 cm³/mol. The number of hydrogen-bond acceptors (Lipinski definition) is 6. The SMILES string of the molecule is CC(=O)O.CN(Cc1n[nH]c(=O)[nH]1)C(=O)Cc1cccc(OCCN)c1. The molecule has 1 amide bonds. The Morgan fingerprint density at radius 3 is 2.65 bits per heavy atom. The first kappa shape index (κ1) is 20.9. The van der Waals surface area contributed by atoms with Crippen molar-refractivity contribution in [2.75, 3.05) is 20.2 Å². The average molecular weight is 365 g/mol. The van der Waals surface area contributed by atoms with Crippen molar-refractivity contribution in [1.29, 1.82) is 0 Å². The number of H-pyrrole nitrogens is 2. The number of carbonyl (C=O) groups excluding carboxylic acids is 1. The number of benzene rings is 1. The summed E-state index contributed by atoms with van der Waals surface area (Å²) < 4.78 is 5.43. The molecule has 0 atom stereocenters. The molecule has 1 aromatic heterocycles. The summed E-state index contributed by atoms with van der Waals surface area (Å²) in [5.41, 5.74) is 5.85. The molecule has 0 aliphatic rings. The fraction of sp³-hybridized carbons (Fsp3) is 0.375. The van der Waals surface area contributed by atoms with Gasteiger partial charge in [-0.25, -0.2) is 9.89 Å². The number of nitrogens with one attached hydrogen (secondary N) is 2. The Kier molecular flexibility index (Phi) is 8.58. The number of carbonyl (C=O) groups is 2. The fourth-order valence-corrected chi connectivity index (χ4v) is 1.92. The molecule has 142 valence electrons. The number of rotatable bonds is 7. The zero-order valence-electron chi connectivity index (χ0n) is 14.7. The molecule has 0 saturated heterocycles. The van der Waals surface area contributed by atoms with E-state index in [1.807, 2.05) is 24.3 Å². The van der Waals surface area contributed by atoms with Crippen molar-refractivity contribution in [2.45, 2.75) is 19.9 Å². The minimum absolute atomic E-state index is 0.0835. The molecule has 2 rings (SSSR count). The zero-order chi connectivity index (χ0) is 19.5. The van der Waals surface area contributed by atoms with Crippen molar-refractivity contribution < 1.29 is 19.4 Å². The Hall–Kier alpha value is -3.14. The highest BCUT2D eigenvalue weighted by Gasteiger charge is 2.12. The first-order valence-electron chi connectivity index (χ1n) is 7.80. The summed E-state index contributed by atoms with van der Waals surface area (Å²) in [5.74, 6) is 0.190. The van der Waals surface area contributed by atoms with E-state index in [0.29, 0.717) is 24.7 Å². The number of aromatic nitrogens is 3. The lowest BCUT2D eigenvalue weighted by Crippen LogP contribution is -2.28. The Morgan fingerprint density at radius 1 is 1.38 bits per heavy atom. The normalized spacial score (nSPS) is 9.81. The number of nitrogens with zero attached hydrogens (tertiary/aromatic N) is 2. The van der Waals surface area contributed by atoms with E-state index in [-0.39, 0.29) is 24.6 Å². The van der Waals surface area contributed by atoms with Crippen LogP contribution in [-0.2, 0) is 22.6 Å². The maximum absolute atomic E-state index is 12.2. The molecule has 0 unspecified atom stereocenters. The number of likely N-dealkylation sites (N-methyl/N-ethyl adjacent to an activating group) is 1. The molecule has 2 aromatic rings. The van der Waals surface area contributed by atoms with Crippen LogP contribution in [0.5, 0.6) is 5.75 Å². The van der Waals surface area contributed by atoms with Gasteiger partial charge in [0.25, 0.3) is 5.97 Å². The van der Waals surface area contributed by atoms with Gasteiger partial charge in [-0.2, -0.15) is 5.10 Å². The molecular weight excluding hydrogens is 342 g/mol. The standard InChI is InChI=1S/C14H19N5O3.C2H4O2/c1-19(9-12-16-14(21)18-17-12)13(20)8-10-3-2-4-11(7-10)22-6-5-15;1-2(3)4/h2-4,7H,5-6,8-9,15H2,1H3,(H2,16,17,18,21);1H3,(H,3,4). The maximum atomic E-state index is 12.2. The van der Waals surface area contributed by atoms with Crippen LogP contribution < -0.4 is 16.2 Å². The van der Waals surface area contributed by atoms with E-state index in [4.69, 9.17) is 20.4 Å². The largest absolute Gasteiger partial charge is 0.492 e. The zero-order valence-corrected chi connectivity index (χ0v) is 14.7. The second kappa shape index (κ2) is 10.7. The minimum Gasteiger partial charge on any atom is -0.492 e. The molecule has 5 N–H and O–H groups in total. The van der Waals surface area contributed by atoms with Gasteiger partial charge in [-0.1, -0.05) is 12.1 Å². The number of hydrogen-bond donors (Lipinski definition) is 4. The van der Waals surface area contributed by atoms with Crippen LogP contribution in [0.25, 0.3) is 0 Å². The quantitative estimate of drug-likeness (QED) is 0.526. The van der Waals surface area contributed by atoms with Crippen LogP contribution in [0.4, 0.5) is 0 Å². The molecule has 0 bridgehead atoms. The third-order valence-corrected chi connectivity index (χ3v) is 3.00. The van der Waals surface area contributed by atoms with Crippen molar-refractivity contribution in [3.8, 4) is 5.75 Å². The van der Waals surface area contributed by atoms with Gasteiger partial charge >= 0.3 is 5.69 Å². The van der Waals surface area contributed by atoms with E-state index in [1.54, 1.807) is 7.05 Å². The van der Waals surface area contributed by atoms with Crippen molar-refractivity contribution in [3.05, 3.63) is 46.1 Å². The van der Waals surface area contributed by atoms with E-state index in [0.717, 1.165) is 12.5 Å². The summed E-state index contributed by atoms with van der Waals surface area (Å²) in [6, 6.07) is 7.33. The molecular formula is C16H23N5O5. The molecule has 10 nitrogen and oxygen atoms in total. The van der Waals surface area contributed by atoms with Gasteiger partial charge < -0.3 is 20.5 Å². The molecule has 10 heteroatoms. The first-order chi connectivity index (χ1) is 12.3. The van der Waals surface area contributed by atoms with Crippen LogP contribution >= 0.6 is 0 Å². The molecule has 0 saturated carbocycles. The number of aliphatic carboxylic acids is 1. The van der Waals surface area contributed by atoms with Gasteiger partial charge in [-0.05, 0) is 17.7 Å². The molecule has 1 heterocycles. The van der Waals surface area contributed by atoms with Gasteiger partial charge in [0.05, 0.1) is 13.0 Å². The van der Waals surface area contributed by atoms with E-state index >= 15 is 0 Å². The highest BCUT2D eigenvalue weighted by atomic mass is 16.5. The van der Waals surface area contributed by atoms with Crippen molar-refractivity contribution in [3.63, 3.8) is 0 Å². The molecule has 0 fully saturated rings. The van der Waals surface area contributed by atoms with E-state index in [2.05, 4.69) is 15.2 Å². The number of carboxylic acid groups (broad SMARTS) is 1. The van der Waals surface area contributed by atoms with Crippen LogP contribution in [0.1, 0.15) is 18.3 Å². The van der Waals surface area contributed by atoms with Crippen molar-refractivity contribution >= 4 is 11.9 Å². The molecule has 0 aliphatic heterocycles. The number of carboxylic acids is 1. The third-order valence-electron chi connectivity index (χ3n) is 3.00. The third kappa shape index (κ3) is 8.11. The van der Waals surface area contributed by atoms with E-state index in [9.17, 15) is 9.59 Å². The molecule has 1 aromatic carbocycles. The first-order valence-corrected chi connectivity index (χ1v) is 7.80. The van der Waals surface area contributed by atoms with Gasteiger partial charge in [0, 0.05) is 20.5 Å². The summed E-state index contributed by atoms with van der Waals surface area (Å²) in [4.78, 5) is 36.2. The summed E-state index contributed by atoms with van der Waals surface area (Å²) in [6.07, 6.45) is 0.241. The van der Waals surface area contributed by atoms with Gasteiger partial charge in [0.15, 0.2) is 5.82 Å². The minimum atomic E-state index is -0.833. The Labute approximate surface area is 150 Å². The van der Waals surface area contributed by atoms with Crippen LogP contribution in [0, 0.1) is 0 Å². The predicted octanol–water partition coefficient (Wildman–Crippen LogP) is -0.272. The maximum Gasteiger partial charge on any atom is 0.340 e. The summed E-state index contributed by atoms with van der Waals surface area (Å²) in [7, 11) is 1.66. The highest BCUT2D eigenvalue weighted by Crippen LogP contribution is 2.14. The number of aromatic amines is 2. The van der Waals surface area contributed by atoms with Crippen LogP contribution in [0.15, 0.2) is 29.1 Å². The molecule has 0 radical (unpaired) electrons. The van der Waals surface area contributed by atoms with Crippen molar-refractivity contribution in [2.24, 2.45) is 5.73 Å². The van der Waals surface area contributed by atoms with Gasteiger partial charge in [-0.3, -0.25) is 14.6 Å². The van der Waals surface area contributed by atoms with Gasteiger partial charge in [0.1, 0.15) is 12.4 Å². The Balaban J connectivity index is 0.000000765. The Morgan fingerprint density at radius 2 is 2.08 bits per heavy atom. The highest BCUT2D eigenvalue weighted by molar-refractivity contribution is 5.78. The molecule has 0 aliphatic carbocycles. The molecule has 0 spiro atoms. The van der Waals surface area contributed by atoms with E-state index in [1.165, 1.54) is 4.90 Å². The van der Waals surface area contributed by atoms with Crippen LogP contribution in [0.2, 0.25) is 0 Å². The lowest BCUT2D eigenvalue weighted by molar-refractivity contribution is -0.134. The van der Waals surface area contributed by atoms with Gasteiger partial charge in [0.2, 0.25) is 5.91 Å². The topological polar surface area (TPSA) is 154 Å². The number of amides is 1. The average Bonchev–Trinajstić information content (AvgIpc) is 2.97. The smallest absolute Gasteiger partial charge is 0.340 e. The van der Waals surface area contributed by atoms with Crippen LogP contribution in [0.3, 0.4) is 0 Å². The number of ether oxygens (including phenoxy) is 1. The van der Waals surface area contributed by atoms with Gasteiger partial charge in [-0.15, -0.1) is 0 Å². The lowest BCUT2D eigenvalue weighted by atomic mass is 10.1.